The Kier molecular flexibility index (Phi) is 6.26. The van der Waals surface area contributed by atoms with Gasteiger partial charge in [0.1, 0.15) is 11.5 Å². The summed E-state index contributed by atoms with van der Waals surface area (Å²) < 4.78 is 10.5. The molecule has 0 aromatic heterocycles. The molecule has 2 rings (SSSR count). The summed E-state index contributed by atoms with van der Waals surface area (Å²) in [4.78, 5) is 0. The summed E-state index contributed by atoms with van der Waals surface area (Å²) in [5.74, 6) is 0.822. The molecule has 8 heteroatoms. The summed E-state index contributed by atoms with van der Waals surface area (Å²) >= 11 is 33.2. The molecule has 0 bridgehead atoms. The van der Waals surface area contributed by atoms with Crippen LogP contribution in [-0.4, -0.2) is 9.56 Å². The van der Waals surface area contributed by atoms with E-state index >= 15 is 0 Å². The van der Waals surface area contributed by atoms with Crippen LogP contribution in [0.4, 0.5) is 0 Å². The average molecular weight is 412 g/mol. The summed E-state index contributed by atoms with van der Waals surface area (Å²) in [7, 11) is 0. The first-order valence-electron chi connectivity index (χ1n) is 5.71. The predicted octanol–water partition coefficient (Wildman–Crippen LogP) is 6.30. The topological polar surface area (TPSA) is 18.5 Å². The van der Waals surface area contributed by atoms with Crippen LogP contribution >= 0.6 is 70.8 Å². The van der Waals surface area contributed by atoms with Gasteiger partial charge in [-0.2, -0.15) is 0 Å². The van der Waals surface area contributed by atoms with Crippen LogP contribution in [0.25, 0.3) is 0 Å². The van der Waals surface area contributed by atoms with Crippen LogP contribution in [0, 0.1) is 0 Å². The molecule has 0 aliphatic rings. The van der Waals surface area contributed by atoms with E-state index in [-0.39, 0.29) is 9.56 Å². The molecule has 22 heavy (non-hydrogen) atoms. The van der Waals surface area contributed by atoms with Crippen molar-refractivity contribution in [1.29, 1.82) is 0 Å². The first kappa shape index (κ1) is 17.7. The Hall–Kier alpha value is -0.620. The van der Waals surface area contributed by atoms with Gasteiger partial charge in [-0.15, -0.1) is 0 Å². The van der Waals surface area contributed by atoms with E-state index in [2.05, 4.69) is 12.2 Å². The fourth-order valence-corrected chi connectivity index (χ4v) is 2.48. The molecule has 0 aliphatic heterocycles. The monoisotopic (exact) mass is 410 g/mol. The number of hydrogen-bond acceptors (Lipinski definition) is 4. The molecule has 0 fully saturated rings. The molecule has 0 saturated heterocycles. The normalized spacial score (nSPS) is 10.2. The first-order valence-corrected chi connectivity index (χ1v) is 8.04. The zero-order chi connectivity index (χ0) is 16.3. The molecule has 0 atom stereocenters. The number of halogens is 4. The molecular formula is C14H6Cl4O2S2. The standard InChI is InChI=1S/C14H6Cl4O2S2/c15-9-5-11(17)12(6-10(9)16)20-13(21)7-1-3-8(4-2-7)19-14(18)22/h1-6H. The van der Waals surface area contributed by atoms with Gasteiger partial charge in [-0.3, -0.25) is 0 Å². The number of rotatable bonds is 3. The van der Waals surface area contributed by atoms with E-state index in [0.29, 0.717) is 32.1 Å². The summed E-state index contributed by atoms with van der Waals surface area (Å²) in [5.41, 5.74) is 0.657. The third kappa shape index (κ3) is 4.69. The van der Waals surface area contributed by atoms with Crippen molar-refractivity contribution in [3.05, 3.63) is 57.0 Å². The molecule has 2 aromatic rings. The molecule has 0 unspecified atom stereocenters. The molecule has 0 saturated carbocycles. The number of thiocarbonyl (C=S) groups is 2. The van der Waals surface area contributed by atoms with Crippen LogP contribution in [0.5, 0.6) is 11.5 Å². The van der Waals surface area contributed by atoms with Gasteiger partial charge in [0.25, 0.3) is 4.51 Å². The molecule has 0 radical (unpaired) electrons. The van der Waals surface area contributed by atoms with E-state index in [0.717, 1.165) is 0 Å². The van der Waals surface area contributed by atoms with Gasteiger partial charge in [0.15, 0.2) is 5.05 Å². The van der Waals surface area contributed by atoms with Crippen molar-refractivity contribution in [2.24, 2.45) is 0 Å². The van der Waals surface area contributed by atoms with Crippen molar-refractivity contribution in [3.63, 3.8) is 0 Å². The van der Waals surface area contributed by atoms with Gasteiger partial charge in [0, 0.05) is 11.6 Å². The zero-order valence-electron chi connectivity index (χ0n) is 10.6. The quantitative estimate of drug-likeness (QED) is 0.334. The van der Waals surface area contributed by atoms with Gasteiger partial charge in [0.05, 0.1) is 15.1 Å². The van der Waals surface area contributed by atoms with Gasteiger partial charge >= 0.3 is 0 Å². The minimum atomic E-state index is -0.0887. The second kappa shape index (κ2) is 7.77. The molecule has 114 valence electrons. The molecule has 2 nitrogen and oxygen atoms in total. The van der Waals surface area contributed by atoms with E-state index in [1.165, 1.54) is 12.1 Å². The van der Waals surface area contributed by atoms with Crippen LogP contribution in [0.3, 0.4) is 0 Å². The first-order chi connectivity index (χ1) is 10.4. The average Bonchev–Trinajstić information content (AvgIpc) is 2.44. The highest BCUT2D eigenvalue weighted by molar-refractivity contribution is 7.82. The van der Waals surface area contributed by atoms with Crippen LogP contribution < -0.4 is 9.47 Å². The summed E-state index contributed by atoms with van der Waals surface area (Å²) in [6, 6.07) is 9.73. The highest BCUT2D eigenvalue weighted by Crippen LogP contribution is 2.34. The van der Waals surface area contributed by atoms with Crippen molar-refractivity contribution < 1.29 is 9.47 Å². The fraction of sp³-hybridized carbons (Fsp3) is 0. The van der Waals surface area contributed by atoms with E-state index in [4.69, 9.17) is 68.1 Å². The predicted molar refractivity (Wildman–Crippen MR) is 99.3 cm³/mol. The van der Waals surface area contributed by atoms with Gasteiger partial charge in [-0.1, -0.05) is 34.8 Å². The molecule has 0 N–H and O–H groups in total. The molecule has 0 amide bonds. The largest absolute Gasteiger partial charge is 0.444 e. The second-order valence-corrected chi connectivity index (χ2v) is 6.48. The number of ether oxygens (including phenoxy) is 2. The Morgan fingerprint density at radius 1 is 0.818 bits per heavy atom. The maximum absolute atomic E-state index is 6.04. The fourth-order valence-electron chi connectivity index (χ4n) is 1.49. The van der Waals surface area contributed by atoms with Crippen LogP contribution in [0.1, 0.15) is 5.56 Å². The molecule has 0 aliphatic carbocycles. The van der Waals surface area contributed by atoms with Crippen molar-refractivity contribution in [2.45, 2.75) is 0 Å². The summed E-state index contributed by atoms with van der Waals surface area (Å²) in [6.45, 7) is 0. The van der Waals surface area contributed by atoms with Gasteiger partial charge < -0.3 is 9.47 Å². The Labute approximate surface area is 157 Å². The zero-order valence-corrected chi connectivity index (χ0v) is 15.3. The van der Waals surface area contributed by atoms with Crippen LogP contribution in [-0.2, 0) is 0 Å². The third-order valence-corrected chi connectivity index (χ3v) is 3.96. The molecular weight excluding hydrogens is 406 g/mol. The smallest absolute Gasteiger partial charge is 0.260 e. The lowest BCUT2D eigenvalue weighted by molar-refractivity contribution is 0.565. The van der Waals surface area contributed by atoms with Crippen LogP contribution in [0.15, 0.2) is 36.4 Å². The Morgan fingerprint density at radius 2 is 1.41 bits per heavy atom. The van der Waals surface area contributed by atoms with Crippen molar-refractivity contribution in [1.82, 2.24) is 0 Å². The van der Waals surface area contributed by atoms with Crippen molar-refractivity contribution >= 4 is 80.4 Å². The summed E-state index contributed by atoms with van der Waals surface area (Å²) in [6.07, 6.45) is 0. The Bertz CT molecular complexity index is 732. The highest BCUT2D eigenvalue weighted by atomic mass is 35.5. The maximum atomic E-state index is 6.04. The van der Waals surface area contributed by atoms with Gasteiger partial charge in [-0.25, -0.2) is 0 Å². The van der Waals surface area contributed by atoms with Gasteiger partial charge in [0.2, 0.25) is 0 Å². The minimum Gasteiger partial charge on any atom is -0.444 e. The van der Waals surface area contributed by atoms with Gasteiger partial charge in [-0.05, 0) is 66.4 Å². The molecule has 2 aromatic carbocycles. The lowest BCUT2D eigenvalue weighted by Crippen LogP contribution is -2.07. The van der Waals surface area contributed by atoms with E-state index in [9.17, 15) is 0 Å². The molecule has 0 spiro atoms. The molecule has 0 heterocycles. The number of hydrogen-bond donors (Lipinski definition) is 0. The Balaban J connectivity index is 2.15. The third-order valence-electron chi connectivity index (χ3n) is 2.47. The summed E-state index contributed by atoms with van der Waals surface area (Å²) in [5, 5.41) is 1.19. The SMILES string of the molecule is S=C(Cl)Oc1ccc(C(=S)Oc2cc(Cl)c(Cl)cc2Cl)cc1. The van der Waals surface area contributed by atoms with Crippen molar-refractivity contribution in [3.8, 4) is 11.5 Å². The van der Waals surface area contributed by atoms with E-state index in [1.54, 1.807) is 24.3 Å². The Morgan fingerprint density at radius 3 is 2.00 bits per heavy atom. The van der Waals surface area contributed by atoms with Crippen molar-refractivity contribution in [2.75, 3.05) is 0 Å². The number of benzene rings is 2. The highest BCUT2D eigenvalue weighted by Gasteiger charge is 2.11. The van der Waals surface area contributed by atoms with E-state index < -0.39 is 0 Å². The van der Waals surface area contributed by atoms with Crippen LogP contribution in [0.2, 0.25) is 15.1 Å². The lowest BCUT2D eigenvalue weighted by atomic mass is 10.2. The van der Waals surface area contributed by atoms with E-state index in [1.807, 2.05) is 0 Å². The second-order valence-electron chi connectivity index (χ2n) is 3.95. The minimum absolute atomic E-state index is 0.0887. The lowest BCUT2D eigenvalue weighted by Gasteiger charge is -2.10. The maximum Gasteiger partial charge on any atom is 0.260 e.